The predicted molar refractivity (Wildman–Crippen MR) is 110 cm³/mol. The van der Waals surface area contributed by atoms with Gasteiger partial charge < -0.3 is 9.88 Å². The van der Waals surface area contributed by atoms with Crippen LogP contribution in [-0.4, -0.2) is 38.4 Å². The summed E-state index contributed by atoms with van der Waals surface area (Å²) in [5.74, 6) is -0.729. The van der Waals surface area contributed by atoms with Gasteiger partial charge in [0.25, 0.3) is 11.8 Å². The van der Waals surface area contributed by atoms with Crippen LogP contribution in [0.2, 0.25) is 0 Å². The Morgan fingerprint density at radius 3 is 2.55 bits per heavy atom. The van der Waals surface area contributed by atoms with Crippen molar-refractivity contribution in [1.29, 1.82) is 0 Å². The second-order valence-electron chi connectivity index (χ2n) is 6.74. The smallest absolute Gasteiger partial charge is 0.274 e. The zero-order chi connectivity index (χ0) is 20.4. The van der Waals surface area contributed by atoms with Crippen molar-refractivity contribution in [3.63, 3.8) is 0 Å². The van der Waals surface area contributed by atoms with Gasteiger partial charge in [0.15, 0.2) is 0 Å². The summed E-state index contributed by atoms with van der Waals surface area (Å²) in [5, 5.41) is 10.7. The van der Waals surface area contributed by atoms with E-state index in [1.54, 1.807) is 40.8 Å². The zero-order valence-electron chi connectivity index (χ0n) is 15.8. The molecular formula is C22H20N4O3. The van der Waals surface area contributed by atoms with Crippen LogP contribution in [0.4, 0.5) is 0 Å². The normalized spacial score (nSPS) is 11.0. The third kappa shape index (κ3) is 3.55. The first-order valence-corrected chi connectivity index (χ1v) is 9.30. The SMILES string of the molecule is CCN(Cc1ccc(C(=O)NO)cc1)C(=O)c1cc2c(cn1)[nH]c1ccccc12. The lowest BCUT2D eigenvalue weighted by Gasteiger charge is -2.20. The molecule has 2 aromatic heterocycles. The highest BCUT2D eigenvalue weighted by Gasteiger charge is 2.18. The van der Waals surface area contributed by atoms with Gasteiger partial charge in [-0.15, -0.1) is 0 Å². The van der Waals surface area contributed by atoms with Crippen LogP contribution in [0, 0.1) is 0 Å². The Kier molecular flexibility index (Phi) is 4.97. The summed E-state index contributed by atoms with van der Waals surface area (Å²) in [5.41, 5.74) is 5.11. The number of amides is 2. The first kappa shape index (κ1) is 18.6. The fourth-order valence-corrected chi connectivity index (χ4v) is 3.40. The Labute approximate surface area is 166 Å². The van der Waals surface area contributed by atoms with Crippen molar-refractivity contribution in [1.82, 2.24) is 20.3 Å². The van der Waals surface area contributed by atoms with E-state index in [2.05, 4.69) is 9.97 Å². The first-order valence-electron chi connectivity index (χ1n) is 9.30. The van der Waals surface area contributed by atoms with E-state index in [-0.39, 0.29) is 5.91 Å². The molecule has 0 unspecified atom stereocenters. The molecule has 0 radical (unpaired) electrons. The van der Waals surface area contributed by atoms with E-state index >= 15 is 0 Å². The van der Waals surface area contributed by atoms with Crippen LogP contribution >= 0.6 is 0 Å². The lowest BCUT2D eigenvalue weighted by Crippen LogP contribution is -2.31. The number of nitrogens with one attached hydrogen (secondary N) is 2. The second kappa shape index (κ2) is 7.73. The molecule has 0 saturated carbocycles. The number of para-hydroxylation sites is 1. The summed E-state index contributed by atoms with van der Waals surface area (Å²) in [6, 6.07) is 16.5. The molecule has 0 aliphatic heterocycles. The molecule has 29 heavy (non-hydrogen) atoms. The van der Waals surface area contributed by atoms with Crippen LogP contribution in [0.1, 0.15) is 33.3 Å². The van der Waals surface area contributed by atoms with E-state index in [4.69, 9.17) is 5.21 Å². The largest absolute Gasteiger partial charge is 0.353 e. The number of fused-ring (bicyclic) bond motifs is 3. The molecular weight excluding hydrogens is 368 g/mol. The predicted octanol–water partition coefficient (Wildman–Crippen LogP) is 3.50. The first-order chi connectivity index (χ1) is 14.1. The Hall–Kier alpha value is -3.71. The number of aromatic nitrogens is 2. The van der Waals surface area contributed by atoms with Gasteiger partial charge in [0, 0.05) is 34.9 Å². The molecule has 3 N–H and O–H groups in total. The molecule has 0 aliphatic carbocycles. The van der Waals surface area contributed by atoms with Crippen LogP contribution in [0.3, 0.4) is 0 Å². The minimum atomic E-state index is -0.573. The molecule has 2 heterocycles. The molecule has 0 bridgehead atoms. The molecule has 2 amide bonds. The van der Waals surface area contributed by atoms with Gasteiger partial charge >= 0.3 is 0 Å². The van der Waals surface area contributed by atoms with Gasteiger partial charge in [-0.3, -0.25) is 14.8 Å². The molecule has 2 aromatic carbocycles. The molecule has 7 nitrogen and oxygen atoms in total. The standard InChI is InChI=1S/C22H20N4O3/c1-2-26(13-14-7-9-15(10-8-14)21(27)25-29)22(28)19-11-17-16-5-3-4-6-18(16)24-20(17)12-23-19/h3-12,24,29H,2,13H2,1H3,(H,25,27). The number of carbonyl (C=O) groups is 2. The second-order valence-corrected chi connectivity index (χ2v) is 6.74. The summed E-state index contributed by atoms with van der Waals surface area (Å²) < 4.78 is 0. The molecule has 0 saturated heterocycles. The fourth-order valence-electron chi connectivity index (χ4n) is 3.40. The maximum atomic E-state index is 13.1. The summed E-state index contributed by atoms with van der Waals surface area (Å²) >= 11 is 0. The quantitative estimate of drug-likeness (QED) is 0.360. The molecule has 146 valence electrons. The van der Waals surface area contributed by atoms with Crippen LogP contribution in [0.15, 0.2) is 60.8 Å². The van der Waals surface area contributed by atoms with Gasteiger partial charge in [0.05, 0.1) is 11.7 Å². The monoisotopic (exact) mass is 388 g/mol. The zero-order valence-corrected chi connectivity index (χ0v) is 15.8. The van der Waals surface area contributed by atoms with Gasteiger partial charge in [-0.2, -0.15) is 0 Å². The van der Waals surface area contributed by atoms with Gasteiger partial charge in [-0.25, -0.2) is 10.5 Å². The maximum Gasteiger partial charge on any atom is 0.274 e. The van der Waals surface area contributed by atoms with Crippen LogP contribution in [-0.2, 0) is 6.54 Å². The Bertz CT molecular complexity index is 1200. The summed E-state index contributed by atoms with van der Waals surface area (Å²) in [7, 11) is 0. The minimum Gasteiger partial charge on any atom is -0.353 e. The highest BCUT2D eigenvalue weighted by Crippen LogP contribution is 2.25. The van der Waals surface area contributed by atoms with E-state index in [1.807, 2.05) is 37.3 Å². The van der Waals surface area contributed by atoms with Crippen LogP contribution < -0.4 is 5.48 Å². The number of hydroxylamine groups is 1. The summed E-state index contributed by atoms with van der Waals surface area (Å²) in [4.78, 5) is 33.9. The number of nitrogens with zero attached hydrogens (tertiary/aromatic N) is 2. The number of benzene rings is 2. The Morgan fingerprint density at radius 1 is 1.07 bits per heavy atom. The van der Waals surface area contributed by atoms with E-state index in [0.717, 1.165) is 27.4 Å². The molecule has 4 aromatic rings. The number of aromatic amines is 1. The minimum absolute atomic E-state index is 0.156. The van der Waals surface area contributed by atoms with E-state index in [1.165, 1.54) is 0 Å². The topological polar surface area (TPSA) is 98.3 Å². The Balaban J connectivity index is 1.59. The number of carbonyl (C=O) groups excluding carboxylic acids is 2. The van der Waals surface area contributed by atoms with Crippen molar-refractivity contribution in [2.24, 2.45) is 0 Å². The number of hydrogen-bond acceptors (Lipinski definition) is 4. The van der Waals surface area contributed by atoms with Gasteiger partial charge in [-0.1, -0.05) is 30.3 Å². The molecule has 0 atom stereocenters. The maximum absolute atomic E-state index is 13.1. The highest BCUT2D eigenvalue weighted by atomic mass is 16.5. The highest BCUT2D eigenvalue weighted by molar-refractivity contribution is 6.09. The molecule has 4 rings (SSSR count). The van der Waals surface area contributed by atoms with E-state index < -0.39 is 5.91 Å². The van der Waals surface area contributed by atoms with Crippen molar-refractivity contribution >= 4 is 33.6 Å². The Morgan fingerprint density at radius 2 is 1.83 bits per heavy atom. The molecule has 0 spiro atoms. The third-order valence-electron chi connectivity index (χ3n) is 4.97. The van der Waals surface area contributed by atoms with Crippen LogP contribution in [0.25, 0.3) is 21.8 Å². The van der Waals surface area contributed by atoms with Crippen molar-refractivity contribution in [3.8, 4) is 0 Å². The van der Waals surface area contributed by atoms with Crippen LogP contribution in [0.5, 0.6) is 0 Å². The summed E-state index contributed by atoms with van der Waals surface area (Å²) in [6.07, 6.45) is 1.69. The van der Waals surface area contributed by atoms with Gasteiger partial charge in [0.2, 0.25) is 0 Å². The number of hydrogen-bond donors (Lipinski definition) is 3. The van der Waals surface area contributed by atoms with E-state index in [9.17, 15) is 9.59 Å². The fraction of sp³-hybridized carbons (Fsp3) is 0.136. The summed E-state index contributed by atoms with van der Waals surface area (Å²) in [6.45, 7) is 2.82. The van der Waals surface area contributed by atoms with Crippen molar-refractivity contribution < 1.29 is 14.8 Å². The molecule has 7 heteroatoms. The average molecular weight is 388 g/mol. The lowest BCUT2D eigenvalue weighted by atomic mass is 10.1. The molecule has 0 aliphatic rings. The molecule has 0 fully saturated rings. The van der Waals surface area contributed by atoms with Crippen molar-refractivity contribution in [3.05, 3.63) is 77.6 Å². The third-order valence-corrected chi connectivity index (χ3v) is 4.97. The number of H-pyrrole nitrogens is 1. The lowest BCUT2D eigenvalue weighted by molar-refractivity contribution is 0.0705. The van der Waals surface area contributed by atoms with Gasteiger partial charge in [-0.05, 0) is 36.8 Å². The van der Waals surface area contributed by atoms with E-state index in [0.29, 0.717) is 24.3 Å². The number of rotatable bonds is 5. The number of pyridine rings is 1. The van der Waals surface area contributed by atoms with Gasteiger partial charge in [0.1, 0.15) is 5.69 Å². The van der Waals surface area contributed by atoms with Crippen molar-refractivity contribution in [2.75, 3.05) is 6.54 Å². The van der Waals surface area contributed by atoms with Crippen molar-refractivity contribution in [2.45, 2.75) is 13.5 Å². The average Bonchev–Trinajstić information content (AvgIpc) is 3.14.